The van der Waals surface area contributed by atoms with E-state index < -0.39 is 0 Å². The molecule has 96 valence electrons. The second-order valence-electron chi connectivity index (χ2n) is 4.57. The lowest BCUT2D eigenvalue weighted by molar-refractivity contribution is 0.0935. The Morgan fingerprint density at radius 2 is 1.79 bits per heavy atom. The van der Waals surface area contributed by atoms with Crippen LogP contribution in [0.4, 0.5) is 0 Å². The monoisotopic (exact) mass is 269 g/mol. The Labute approximate surface area is 117 Å². The largest absolute Gasteiger partial charge is 0.345 e. The summed E-state index contributed by atoms with van der Waals surface area (Å²) < 4.78 is 0. The third-order valence-electron chi connectivity index (χ3n) is 3.30. The zero-order chi connectivity index (χ0) is 13.1. The van der Waals surface area contributed by atoms with Gasteiger partial charge in [-0.15, -0.1) is 11.8 Å². The molecule has 1 amide bonds. The summed E-state index contributed by atoms with van der Waals surface area (Å²) in [6.45, 7) is 0. The first-order valence-corrected chi connectivity index (χ1v) is 7.41. The van der Waals surface area contributed by atoms with Crippen molar-refractivity contribution >= 4 is 17.7 Å². The molecule has 0 saturated carbocycles. The molecule has 1 N–H and O–H groups in total. The van der Waals surface area contributed by atoms with Gasteiger partial charge in [-0.25, -0.2) is 0 Å². The van der Waals surface area contributed by atoms with Gasteiger partial charge in [-0.1, -0.05) is 36.4 Å². The van der Waals surface area contributed by atoms with Gasteiger partial charge in [-0.2, -0.15) is 0 Å². The second kappa shape index (κ2) is 5.49. The van der Waals surface area contributed by atoms with Crippen molar-refractivity contribution in [3.63, 3.8) is 0 Å². The van der Waals surface area contributed by atoms with Crippen LogP contribution < -0.4 is 5.32 Å². The molecular formula is C16H15NOS. The molecule has 1 atom stereocenters. The molecule has 2 nitrogen and oxygen atoms in total. The number of carbonyl (C=O) groups is 1. The summed E-state index contributed by atoms with van der Waals surface area (Å²) in [5.74, 6) is 1.06. The van der Waals surface area contributed by atoms with Gasteiger partial charge in [0.2, 0.25) is 0 Å². The van der Waals surface area contributed by atoms with Crippen molar-refractivity contribution in [1.82, 2.24) is 5.32 Å². The summed E-state index contributed by atoms with van der Waals surface area (Å²) in [6.07, 6.45) is 0.986. The van der Waals surface area contributed by atoms with Gasteiger partial charge in [0.1, 0.15) is 0 Å². The van der Waals surface area contributed by atoms with Crippen LogP contribution in [-0.2, 0) is 0 Å². The van der Waals surface area contributed by atoms with E-state index in [0.29, 0.717) is 0 Å². The Morgan fingerprint density at radius 3 is 2.63 bits per heavy atom. The highest BCUT2D eigenvalue weighted by Gasteiger charge is 2.22. The Hall–Kier alpha value is -1.74. The fraction of sp³-hybridized carbons (Fsp3) is 0.188. The summed E-state index contributed by atoms with van der Waals surface area (Å²) in [5, 5.41) is 3.14. The number of rotatable bonds is 2. The molecule has 0 unspecified atom stereocenters. The average molecular weight is 269 g/mol. The van der Waals surface area contributed by atoms with Crippen LogP contribution in [0.5, 0.6) is 0 Å². The number of fused-ring (bicyclic) bond motifs is 1. The van der Waals surface area contributed by atoms with Gasteiger partial charge in [0.25, 0.3) is 5.91 Å². The molecule has 0 saturated heterocycles. The molecule has 0 fully saturated rings. The maximum Gasteiger partial charge on any atom is 0.251 e. The Morgan fingerprint density at radius 1 is 1.05 bits per heavy atom. The van der Waals surface area contributed by atoms with Crippen LogP contribution in [0.25, 0.3) is 0 Å². The lowest BCUT2D eigenvalue weighted by Gasteiger charge is -2.25. The van der Waals surface area contributed by atoms with Gasteiger partial charge in [0.15, 0.2) is 0 Å². The molecule has 0 bridgehead atoms. The Kier molecular flexibility index (Phi) is 3.56. The van der Waals surface area contributed by atoms with E-state index in [1.165, 1.54) is 10.5 Å². The summed E-state index contributed by atoms with van der Waals surface area (Å²) in [7, 11) is 0. The quantitative estimate of drug-likeness (QED) is 0.901. The van der Waals surface area contributed by atoms with Crippen molar-refractivity contribution in [2.45, 2.75) is 17.4 Å². The zero-order valence-electron chi connectivity index (χ0n) is 10.5. The average Bonchev–Trinajstić information content (AvgIpc) is 2.48. The molecule has 0 spiro atoms. The highest BCUT2D eigenvalue weighted by Crippen LogP contribution is 2.35. The van der Waals surface area contributed by atoms with Crippen LogP contribution in [0, 0.1) is 0 Å². The van der Waals surface area contributed by atoms with Crippen LogP contribution >= 0.6 is 11.8 Å². The van der Waals surface area contributed by atoms with Crippen molar-refractivity contribution < 1.29 is 4.79 Å². The highest BCUT2D eigenvalue weighted by molar-refractivity contribution is 7.99. The highest BCUT2D eigenvalue weighted by atomic mass is 32.2. The van der Waals surface area contributed by atoms with Crippen molar-refractivity contribution in [1.29, 1.82) is 0 Å². The van der Waals surface area contributed by atoms with Gasteiger partial charge < -0.3 is 5.32 Å². The number of hydrogen-bond donors (Lipinski definition) is 1. The van der Waals surface area contributed by atoms with Gasteiger partial charge in [-0.05, 0) is 30.2 Å². The number of amides is 1. The van der Waals surface area contributed by atoms with Crippen LogP contribution in [0.3, 0.4) is 0 Å². The van der Waals surface area contributed by atoms with E-state index in [9.17, 15) is 4.79 Å². The molecule has 1 aliphatic rings. The van der Waals surface area contributed by atoms with E-state index in [0.717, 1.165) is 17.7 Å². The predicted octanol–water partition coefficient (Wildman–Crippen LogP) is 3.65. The summed E-state index contributed by atoms with van der Waals surface area (Å²) in [5.41, 5.74) is 1.96. The minimum absolute atomic E-state index is 0.00676. The second-order valence-corrected chi connectivity index (χ2v) is 5.70. The van der Waals surface area contributed by atoms with Crippen LogP contribution in [-0.4, -0.2) is 11.7 Å². The maximum atomic E-state index is 12.2. The molecule has 0 radical (unpaired) electrons. The standard InChI is InChI=1S/C16H15NOS/c18-16(12-6-2-1-3-7-12)17-14-10-11-19-15-9-5-4-8-13(14)15/h1-9,14H,10-11H2,(H,17,18)/t14-/m0/s1. The SMILES string of the molecule is O=C(N[C@H]1CCSc2ccccc21)c1ccccc1. The van der Waals surface area contributed by atoms with Crippen molar-refractivity contribution in [2.24, 2.45) is 0 Å². The number of carbonyl (C=O) groups excluding carboxylic acids is 1. The third kappa shape index (κ3) is 2.66. The minimum atomic E-state index is 0.00676. The van der Waals surface area contributed by atoms with E-state index in [4.69, 9.17) is 0 Å². The zero-order valence-corrected chi connectivity index (χ0v) is 11.3. The lowest BCUT2D eigenvalue weighted by atomic mass is 10.0. The van der Waals surface area contributed by atoms with Crippen molar-refractivity contribution in [3.8, 4) is 0 Å². The molecule has 19 heavy (non-hydrogen) atoms. The van der Waals surface area contributed by atoms with Crippen LogP contribution in [0.15, 0.2) is 59.5 Å². The van der Waals surface area contributed by atoms with E-state index in [1.54, 1.807) is 0 Å². The first kappa shape index (κ1) is 12.3. The lowest BCUT2D eigenvalue weighted by Crippen LogP contribution is -2.30. The van der Waals surface area contributed by atoms with E-state index >= 15 is 0 Å². The molecule has 1 heterocycles. The minimum Gasteiger partial charge on any atom is -0.345 e. The molecule has 3 heteroatoms. The van der Waals surface area contributed by atoms with Crippen LogP contribution in [0.1, 0.15) is 28.4 Å². The molecule has 2 aromatic rings. The molecule has 3 rings (SSSR count). The summed E-state index contributed by atoms with van der Waals surface area (Å²) >= 11 is 1.86. The summed E-state index contributed by atoms with van der Waals surface area (Å²) in [6, 6.07) is 17.8. The number of benzene rings is 2. The molecule has 1 aliphatic heterocycles. The normalized spacial score (nSPS) is 17.6. The smallest absolute Gasteiger partial charge is 0.251 e. The first-order valence-electron chi connectivity index (χ1n) is 6.42. The van der Waals surface area contributed by atoms with Gasteiger partial charge in [-0.3, -0.25) is 4.79 Å². The predicted molar refractivity (Wildman–Crippen MR) is 78.4 cm³/mol. The van der Waals surface area contributed by atoms with Crippen molar-refractivity contribution in [2.75, 3.05) is 5.75 Å². The van der Waals surface area contributed by atoms with Gasteiger partial charge in [0.05, 0.1) is 6.04 Å². The van der Waals surface area contributed by atoms with E-state index in [-0.39, 0.29) is 11.9 Å². The van der Waals surface area contributed by atoms with Crippen molar-refractivity contribution in [3.05, 3.63) is 65.7 Å². The molecule has 0 aliphatic carbocycles. The first-order chi connectivity index (χ1) is 9.34. The molecule has 2 aromatic carbocycles. The third-order valence-corrected chi connectivity index (χ3v) is 4.42. The molecular weight excluding hydrogens is 254 g/mol. The van der Waals surface area contributed by atoms with E-state index in [1.807, 2.05) is 54.2 Å². The maximum absolute atomic E-state index is 12.2. The summed E-state index contributed by atoms with van der Waals surface area (Å²) in [4.78, 5) is 13.5. The Bertz CT molecular complexity index is 582. The fourth-order valence-electron chi connectivity index (χ4n) is 2.32. The fourth-order valence-corrected chi connectivity index (χ4v) is 3.45. The number of thioether (sulfide) groups is 1. The number of hydrogen-bond acceptors (Lipinski definition) is 2. The Balaban J connectivity index is 1.80. The van der Waals surface area contributed by atoms with E-state index in [2.05, 4.69) is 17.4 Å². The van der Waals surface area contributed by atoms with Gasteiger partial charge >= 0.3 is 0 Å². The van der Waals surface area contributed by atoms with Gasteiger partial charge in [0, 0.05) is 16.2 Å². The van der Waals surface area contributed by atoms with Crippen LogP contribution in [0.2, 0.25) is 0 Å². The topological polar surface area (TPSA) is 29.1 Å². The molecule has 0 aromatic heterocycles. The number of nitrogens with one attached hydrogen (secondary N) is 1.